The second kappa shape index (κ2) is 11.4. The molecule has 1 N–H and O–H groups in total. The summed E-state index contributed by atoms with van der Waals surface area (Å²) in [7, 11) is 4.96. The predicted octanol–water partition coefficient (Wildman–Crippen LogP) is 2.82. The maximum atomic E-state index is 13.0. The maximum absolute atomic E-state index is 13.0. The SMILES string of the molecule is COCCNC(=O)CSc1ccccc1C(=O)N(C)Cc1ccccc1OC. The summed E-state index contributed by atoms with van der Waals surface area (Å²) in [6, 6.07) is 15.0. The molecule has 6 nitrogen and oxygen atoms in total. The molecule has 0 aliphatic carbocycles. The van der Waals surface area contributed by atoms with Crippen molar-refractivity contribution in [2.75, 3.05) is 40.2 Å². The number of nitrogens with zero attached hydrogens (tertiary/aromatic N) is 1. The van der Waals surface area contributed by atoms with Gasteiger partial charge < -0.3 is 19.7 Å². The van der Waals surface area contributed by atoms with Crippen molar-refractivity contribution in [2.24, 2.45) is 0 Å². The first-order valence-corrected chi connectivity index (χ1v) is 9.90. The van der Waals surface area contributed by atoms with Crippen LogP contribution in [0.3, 0.4) is 0 Å². The van der Waals surface area contributed by atoms with E-state index < -0.39 is 0 Å². The van der Waals surface area contributed by atoms with Gasteiger partial charge in [-0.1, -0.05) is 30.3 Å². The lowest BCUT2D eigenvalue weighted by Crippen LogP contribution is -2.29. The van der Waals surface area contributed by atoms with Crippen molar-refractivity contribution in [3.63, 3.8) is 0 Å². The van der Waals surface area contributed by atoms with Crippen molar-refractivity contribution in [3.05, 3.63) is 59.7 Å². The topological polar surface area (TPSA) is 67.9 Å². The highest BCUT2D eigenvalue weighted by atomic mass is 32.2. The Morgan fingerprint density at radius 2 is 1.79 bits per heavy atom. The van der Waals surface area contributed by atoms with E-state index in [9.17, 15) is 9.59 Å². The number of carbonyl (C=O) groups is 2. The van der Waals surface area contributed by atoms with Gasteiger partial charge in [-0.15, -0.1) is 11.8 Å². The van der Waals surface area contributed by atoms with Crippen LogP contribution in [0.15, 0.2) is 53.4 Å². The van der Waals surface area contributed by atoms with Gasteiger partial charge in [-0.2, -0.15) is 0 Å². The number of carbonyl (C=O) groups excluding carboxylic acids is 2. The van der Waals surface area contributed by atoms with Crippen LogP contribution in [0.1, 0.15) is 15.9 Å². The Balaban J connectivity index is 2.04. The fourth-order valence-electron chi connectivity index (χ4n) is 2.62. The molecule has 0 saturated carbocycles. The third kappa shape index (κ3) is 6.28. The zero-order valence-electron chi connectivity index (χ0n) is 16.4. The molecule has 0 aliphatic heterocycles. The van der Waals surface area contributed by atoms with Crippen molar-refractivity contribution in [3.8, 4) is 5.75 Å². The van der Waals surface area contributed by atoms with Gasteiger partial charge >= 0.3 is 0 Å². The minimum atomic E-state index is -0.103. The van der Waals surface area contributed by atoms with E-state index in [1.165, 1.54) is 11.8 Å². The van der Waals surface area contributed by atoms with Crippen molar-refractivity contribution in [1.82, 2.24) is 10.2 Å². The Morgan fingerprint density at radius 3 is 2.54 bits per heavy atom. The van der Waals surface area contributed by atoms with Crippen LogP contribution in [-0.2, 0) is 16.1 Å². The van der Waals surface area contributed by atoms with Gasteiger partial charge in [0.2, 0.25) is 5.91 Å². The van der Waals surface area contributed by atoms with Crippen LogP contribution in [0.25, 0.3) is 0 Å². The molecule has 150 valence electrons. The minimum absolute atomic E-state index is 0.0910. The van der Waals surface area contributed by atoms with Gasteiger partial charge in [0.25, 0.3) is 5.91 Å². The Morgan fingerprint density at radius 1 is 1.07 bits per heavy atom. The molecule has 0 fully saturated rings. The van der Waals surface area contributed by atoms with Crippen LogP contribution in [0.5, 0.6) is 5.75 Å². The number of para-hydroxylation sites is 1. The number of hydrogen-bond acceptors (Lipinski definition) is 5. The molecule has 2 amide bonds. The third-order valence-electron chi connectivity index (χ3n) is 4.05. The molecule has 2 aromatic carbocycles. The summed E-state index contributed by atoms with van der Waals surface area (Å²) in [6.07, 6.45) is 0. The summed E-state index contributed by atoms with van der Waals surface area (Å²) in [4.78, 5) is 27.3. The smallest absolute Gasteiger partial charge is 0.255 e. The molecule has 0 radical (unpaired) electrons. The molecule has 28 heavy (non-hydrogen) atoms. The van der Waals surface area contributed by atoms with Crippen molar-refractivity contribution >= 4 is 23.6 Å². The van der Waals surface area contributed by atoms with Gasteiger partial charge in [0.15, 0.2) is 0 Å². The Hall–Kier alpha value is -2.51. The molecule has 0 aliphatic rings. The summed E-state index contributed by atoms with van der Waals surface area (Å²) in [6.45, 7) is 1.37. The van der Waals surface area contributed by atoms with Gasteiger partial charge in [0.05, 0.1) is 25.0 Å². The number of benzene rings is 2. The second-order valence-electron chi connectivity index (χ2n) is 6.10. The zero-order valence-corrected chi connectivity index (χ0v) is 17.3. The summed E-state index contributed by atoms with van der Waals surface area (Å²) >= 11 is 1.35. The molecular formula is C21H26N2O4S. The van der Waals surface area contributed by atoms with E-state index in [1.54, 1.807) is 32.2 Å². The molecule has 0 heterocycles. The van der Waals surface area contributed by atoms with Crippen LogP contribution >= 0.6 is 11.8 Å². The monoisotopic (exact) mass is 402 g/mol. The molecule has 2 rings (SSSR count). The second-order valence-corrected chi connectivity index (χ2v) is 7.12. The van der Waals surface area contributed by atoms with E-state index >= 15 is 0 Å². The average molecular weight is 403 g/mol. The average Bonchev–Trinajstić information content (AvgIpc) is 2.72. The highest BCUT2D eigenvalue weighted by molar-refractivity contribution is 8.00. The standard InChI is InChI=1S/C21H26N2O4S/c1-23(14-16-8-4-6-10-18(16)27-3)21(25)17-9-5-7-11-19(17)28-15-20(24)22-12-13-26-2/h4-11H,12-15H2,1-3H3,(H,22,24). The van der Waals surface area contributed by atoms with E-state index in [-0.39, 0.29) is 17.6 Å². The minimum Gasteiger partial charge on any atom is -0.496 e. The van der Waals surface area contributed by atoms with Gasteiger partial charge in [0.1, 0.15) is 5.75 Å². The summed E-state index contributed by atoms with van der Waals surface area (Å²) < 4.78 is 10.3. The Labute approximate surface area is 170 Å². The normalized spacial score (nSPS) is 10.4. The number of hydrogen-bond donors (Lipinski definition) is 1. The summed E-state index contributed by atoms with van der Waals surface area (Å²) in [5.74, 6) is 0.794. The third-order valence-corrected chi connectivity index (χ3v) is 5.12. The lowest BCUT2D eigenvalue weighted by Gasteiger charge is -2.20. The molecule has 0 unspecified atom stereocenters. The first kappa shape index (κ1) is 21.8. The van der Waals surface area contributed by atoms with Gasteiger partial charge in [0, 0.05) is 37.7 Å². The number of ether oxygens (including phenoxy) is 2. The molecule has 0 saturated heterocycles. The number of nitrogens with one attached hydrogen (secondary N) is 1. The van der Waals surface area contributed by atoms with Crippen molar-refractivity contribution < 1.29 is 19.1 Å². The number of amides is 2. The van der Waals surface area contributed by atoms with Crippen molar-refractivity contribution in [1.29, 1.82) is 0 Å². The van der Waals surface area contributed by atoms with E-state index in [1.807, 2.05) is 42.5 Å². The molecule has 7 heteroatoms. The Kier molecular flexibility index (Phi) is 8.84. The van der Waals surface area contributed by atoms with Crippen LogP contribution in [0, 0.1) is 0 Å². The first-order valence-electron chi connectivity index (χ1n) is 8.91. The molecule has 0 spiro atoms. The van der Waals surface area contributed by atoms with Crippen molar-refractivity contribution in [2.45, 2.75) is 11.4 Å². The highest BCUT2D eigenvalue weighted by Gasteiger charge is 2.18. The predicted molar refractivity (Wildman–Crippen MR) is 111 cm³/mol. The molecule has 0 atom stereocenters. The number of methoxy groups -OCH3 is 2. The lowest BCUT2D eigenvalue weighted by molar-refractivity contribution is -0.118. The van der Waals surface area contributed by atoms with Crippen LogP contribution in [0.4, 0.5) is 0 Å². The fraction of sp³-hybridized carbons (Fsp3) is 0.333. The van der Waals surface area contributed by atoms with E-state index in [0.29, 0.717) is 25.3 Å². The van der Waals surface area contributed by atoms with E-state index in [4.69, 9.17) is 9.47 Å². The lowest BCUT2D eigenvalue weighted by atomic mass is 10.1. The van der Waals surface area contributed by atoms with Crippen LogP contribution in [-0.4, -0.2) is 56.9 Å². The largest absolute Gasteiger partial charge is 0.496 e. The Bertz CT molecular complexity index is 797. The molecule has 2 aromatic rings. The van der Waals surface area contributed by atoms with E-state index in [2.05, 4.69) is 5.32 Å². The number of thioether (sulfide) groups is 1. The molecular weight excluding hydrogens is 376 g/mol. The highest BCUT2D eigenvalue weighted by Crippen LogP contribution is 2.25. The summed E-state index contributed by atoms with van der Waals surface area (Å²) in [5, 5.41) is 2.78. The van der Waals surface area contributed by atoms with Gasteiger partial charge in [-0.3, -0.25) is 9.59 Å². The van der Waals surface area contributed by atoms with Gasteiger partial charge in [-0.05, 0) is 18.2 Å². The molecule has 0 aromatic heterocycles. The van der Waals surface area contributed by atoms with Crippen LogP contribution < -0.4 is 10.1 Å². The van der Waals surface area contributed by atoms with Crippen LogP contribution in [0.2, 0.25) is 0 Å². The maximum Gasteiger partial charge on any atom is 0.255 e. The quantitative estimate of drug-likeness (QED) is 0.489. The zero-order chi connectivity index (χ0) is 20.4. The first-order chi connectivity index (χ1) is 13.6. The number of rotatable bonds is 10. The fourth-order valence-corrected chi connectivity index (χ4v) is 3.50. The summed E-state index contributed by atoms with van der Waals surface area (Å²) in [5.41, 5.74) is 1.51. The molecule has 0 bridgehead atoms. The van der Waals surface area contributed by atoms with E-state index in [0.717, 1.165) is 16.2 Å². The van der Waals surface area contributed by atoms with Gasteiger partial charge in [-0.25, -0.2) is 0 Å².